The number of ether oxygens (including phenoxy) is 1. The number of amides is 1. The summed E-state index contributed by atoms with van der Waals surface area (Å²) in [7, 11) is 1.72. The lowest BCUT2D eigenvalue weighted by molar-refractivity contribution is -0.137. The molecule has 0 radical (unpaired) electrons. The molecule has 0 N–H and O–H groups in total. The molecule has 4 nitrogen and oxygen atoms in total. The van der Waals surface area contributed by atoms with Crippen LogP contribution in [0.3, 0.4) is 0 Å². The van der Waals surface area contributed by atoms with Crippen molar-refractivity contribution in [3.05, 3.63) is 52.9 Å². The molecule has 0 aliphatic carbocycles. The molecule has 1 amide bonds. The minimum Gasteiger partial charge on any atom is -0.481 e. The topological polar surface area (TPSA) is 42.7 Å². The minimum absolute atomic E-state index is 0.110. The zero-order valence-corrected chi connectivity index (χ0v) is 13.1. The van der Waals surface area contributed by atoms with E-state index >= 15 is 0 Å². The summed E-state index contributed by atoms with van der Waals surface area (Å²) in [5.41, 5.74) is 0.899. The summed E-state index contributed by atoms with van der Waals surface area (Å²) in [6.45, 7) is 4.04. The van der Waals surface area contributed by atoms with Crippen LogP contribution >= 0.6 is 11.6 Å². The molecule has 0 spiro atoms. The third kappa shape index (κ3) is 4.02. The molecule has 0 unspecified atom stereocenters. The molecule has 1 atom stereocenters. The number of likely N-dealkylation sites (N-methyl/N-ethyl adjacent to an activating group) is 1. The molecule has 5 heteroatoms. The van der Waals surface area contributed by atoms with Crippen LogP contribution in [0.5, 0.6) is 5.75 Å². The van der Waals surface area contributed by atoms with E-state index in [9.17, 15) is 4.79 Å². The monoisotopic (exact) mass is 307 g/mol. The summed E-state index contributed by atoms with van der Waals surface area (Å²) in [4.78, 5) is 13.9. The third-order valence-corrected chi connectivity index (χ3v) is 3.37. The van der Waals surface area contributed by atoms with Crippen molar-refractivity contribution in [1.29, 1.82) is 0 Å². The first kappa shape index (κ1) is 15.4. The zero-order valence-electron chi connectivity index (χ0n) is 12.3. The van der Waals surface area contributed by atoms with Crippen LogP contribution in [0, 0.1) is 6.92 Å². The molecule has 0 saturated carbocycles. The minimum atomic E-state index is -0.579. The number of rotatable bonds is 5. The van der Waals surface area contributed by atoms with Gasteiger partial charge in [-0.1, -0.05) is 11.6 Å². The predicted octanol–water partition coefficient (Wildman–Crippen LogP) is 3.67. The van der Waals surface area contributed by atoms with Gasteiger partial charge in [0.25, 0.3) is 5.91 Å². The Hall–Kier alpha value is -1.94. The summed E-state index contributed by atoms with van der Waals surface area (Å²) in [5, 5.41) is 0.647. The number of nitrogens with zero attached hydrogens (tertiary/aromatic N) is 1. The lowest BCUT2D eigenvalue weighted by atomic mass is 10.2. The summed E-state index contributed by atoms with van der Waals surface area (Å²) < 4.78 is 11.0. The Kier molecular flexibility index (Phi) is 4.91. The smallest absolute Gasteiger partial charge is 0.263 e. The average Bonchev–Trinajstić information content (AvgIpc) is 2.93. The second-order valence-corrected chi connectivity index (χ2v) is 5.38. The molecular weight excluding hydrogens is 290 g/mol. The number of hydrogen-bond acceptors (Lipinski definition) is 3. The van der Waals surface area contributed by atoms with Crippen molar-refractivity contribution < 1.29 is 13.9 Å². The van der Waals surface area contributed by atoms with E-state index in [2.05, 4.69) is 0 Å². The maximum atomic E-state index is 12.3. The van der Waals surface area contributed by atoms with Gasteiger partial charge < -0.3 is 14.1 Å². The van der Waals surface area contributed by atoms with Crippen LogP contribution < -0.4 is 4.74 Å². The van der Waals surface area contributed by atoms with Crippen LogP contribution in [-0.4, -0.2) is 24.0 Å². The molecule has 112 valence electrons. The number of aryl methyl sites for hydroxylation is 1. The third-order valence-electron chi connectivity index (χ3n) is 3.14. The molecule has 1 aromatic carbocycles. The van der Waals surface area contributed by atoms with E-state index in [0.717, 1.165) is 11.3 Å². The van der Waals surface area contributed by atoms with Gasteiger partial charge in [-0.3, -0.25) is 4.79 Å². The Morgan fingerprint density at radius 3 is 2.81 bits per heavy atom. The number of furan rings is 1. The summed E-state index contributed by atoms with van der Waals surface area (Å²) in [6.07, 6.45) is 1.01. The molecule has 21 heavy (non-hydrogen) atoms. The fourth-order valence-electron chi connectivity index (χ4n) is 2.01. The Balaban J connectivity index is 1.98. The first-order valence-electron chi connectivity index (χ1n) is 6.67. The van der Waals surface area contributed by atoms with Crippen molar-refractivity contribution in [2.45, 2.75) is 26.5 Å². The fraction of sp³-hybridized carbons (Fsp3) is 0.312. The van der Waals surface area contributed by atoms with Gasteiger partial charge in [-0.05, 0) is 49.7 Å². The van der Waals surface area contributed by atoms with Crippen molar-refractivity contribution in [3.8, 4) is 5.75 Å². The van der Waals surface area contributed by atoms with Crippen molar-refractivity contribution in [1.82, 2.24) is 4.90 Å². The van der Waals surface area contributed by atoms with Crippen LogP contribution in [0.15, 0.2) is 41.0 Å². The highest BCUT2D eigenvalue weighted by Crippen LogP contribution is 2.23. The second kappa shape index (κ2) is 6.68. The van der Waals surface area contributed by atoms with E-state index in [1.54, 1.807) is 49.4 Å². The van der Waals surface area contributed by atoms with Gasteiger partial charge >= 0.3 is 0 Å². The second-order valence-electron chi connectivity index (χ2n) is 4.94. The predicted molar refractivity (Wildman–Crippen MR) is 81.5 cm³/mol. The molecule has 2 rings (SSSR count). The van der Waals surface area contributed by atoms with E-state index in [-0.39, 0.29) is 5.91 Å². The molecule has 0 bridgehead atoms. The van der Waals surface area contributed by atoms with Gasteiger partial charge in [-0.15, -0.1) is 0 Å². The molecule has 0 aliphatic rings. The summed E-state index contributed by atoms with van der Waals surface area (Å²) in [5.74, 6) is 1.29. The number of carbonyl (C=O) groups excluding carboxylic acids is 1. The summed E-state index contributed by atoms with van der Waals surface area (Å²) in [6, 6.07) is 8.95. The van der Waals surface area contributed by atoms with E-state index in [4.69, 9.17) is 20.8 Å². The summed E-state index contributed by atoms with van der Waals surface area (Å²) >= 11 is 5.90. The Morgan fingerprint density at radius 2 is 2.19 bits per heavy atom. The number of carbonyl (C=O) groups is 1. The van der Waals surface area contributed by atoms with Gasteiger partial charge in [0.2, 0.25) is 0 Å². The van der Waals surface area contributed by atoms with Crippen molar-refractivity contribution in [2.75, 3.05) is 7.05 Å². The van der Waals surface area contributed by atoms with Crippen LogP contribution in [0.4, 0.5) is 0 Å². The van der Waals surface area contributed by atoms with Crippen LogP contribution in [0.25, 0.3) is 0 Å². The van der Waals surface area contributed by atoms with Gasteiger partial charge in [0.1, 0.15) is 11.5 Å². The Labute approximate surface area is 129 Å². The van der Waals surface area contributed by atoms with E-state index in [0.29, 0.717) is 17.3 Å². The van der Waals surface area contributed by atoms with Crippen molar-refractivity contribution in [3.63, 3.8) is 0 Å². The lowest BCUT2D eigenvalue weighted by Gasteiger charge is -2.22. The highest BCUT2D eigenvalue weighted by molar-refractivity contribution is 6.30. The largest absolute Gasteiger partial charge is 0.481 e. The van der Waals surface area contributed by atoms with Crippen LogP contribution in [-0.2, 0) is 11.3 Å². The highest BCUT2D eigenvalue weighted by Gasteiger charge is 2.20. The highest BCUT2D eigenvalue weighted by atomic mass is 35.5. The van der Waals surface area contributed by atoms with Crippen molar-refractivity contribution in [2.24, 2.45) is 0 Å². The van der Waals surface area contributed by atoms with E-state index in [1.807, 2.05) is 13.0 Å². The quantitative estimate of drug-likeness (QED) is 0.846. The molecule has 2 aromatic rings. The molecule has 0 aliphatic heterocycles. The number of benzene rings is 1. The van der Waals surface area contributed by atoms with Crippen LogP contribution in [0.2, 0.25) is 5.02 Å². The molecule has 0 saturated heterocycles. The molecule has 1 heterocycles. The van der Waals surface area contributed by atoms with Gasteiger partial charge in [0.15, 0.2) is 6.10 Å². The maximum absolute atomic E-state index is 12.3. The standard InChI is InChI=1S/C16H18ClNO3/c1-11-9-13(17)6-7-15(11)21-12(2)16(19)18(3)10-14-5-4-8-20-14/h4-9,12H,10H2,1-3H3/t12-/m0/s1. The number of hydrogen-bond donors (Lipinski definition) is 0. The fourth-order valence-corrected chi connectivity index (χ4v) is 2.24. The van der Waals surface area contributed by atoms with Gasteiger partial charge in [-0.2, -0.15) is 0 Å². The normalized spacial score (nSPS) is 12.0. The Morgan fingerprint density at radius 1 is 1.43 bits per heavy atom. The SMILES string of the molecule is Cc1cc(Cl)ccc1O[C@@H](C)C(=O)N(C)Cc1ccco1. The van der Waals surface area contributed by atoms with Gasteiger partial charge in [-0.25, -0.2) is 0 Å². The molecule has 0 fully saturated rings. The molecular formula is C16H18ClNO3. The van der Waals surface area contributed by atoms with E-state index in [1.165, 1.54) is 0 Å². The van der Waals surface area contributed by atoms with Gasteiger partial charge in [0.05, 0.1) is 12.8 Å². The van der Waals surface area contributed by atoms with E-state index < -0.39 is 6.10 Å². The first-order valence-corrected chi connectivity index (χ1v) is 7.05. The average molecular weight is 308 g/mol. The van der Waals surface area contributed by atoms with Gasteiger partial charge in [0, 0.05) is 12.1 Å². The lowest BCUT2D eigenvalue weighted by Crippen LogP contribution is -2.37. The first-order chi connectivity index (χ1) is 9.97. The van der Waals surface area contributed by atoms with Crippen LogP contribution in [0.1, 0.15) is 18.2 Å². The molecule has 1 aromatic heterocycles. The maximum Gasteiger partial charge on any atom is 0.263 e. The number of halogens is 1. The zero-order chi connectivity index (χ0) is 15.4. The Bertz CT molecular complexity index is 610. The van der Waals surface area contributed by atoms with Crippen molar-refractivity contribution >= 4 is 17.5 Å².